The third-order valence-electron chi connectivity index (χ3n) is 3.47. The number of pyridine rings is 1. The van der Waals surface area contributed by atoms with Gasteiger partial charge < -0.3 is 20.6 Å². The summed E-state index contributed by atoms with van der Waals surface area (Å²) in [5.41, 5.74) is 0.164. The van der Waals surface area contributed by atoms with Crippen molar-refractivity contribution in [2.45, 2.75) is 0 Å². The Labute approximate surface area is 155 Å². The second-order valence-electron chi connectivity index (χ2n) is 5.69. The molecule has 27 heavy (non-hydrogen) atoms. The largest absolute Gasteiger partial charge is 0.505 e. The first-order chi connectivity index (χ1) is 12.8. The van der Waals surface area contributed by atoms with Gasteiger partial charge in [0.15, 0.2) is 17.4 Å². The van der Waals surface area contributed by atoms with Gasteiger partial charge in [0.05, 0.1) is 11.3 Å². The van der Waals surface area contributed by atoms with Gasteiger partial charge >= 0.3 is 10.2 Å². The van der Waals surface area contributed by atoms with Crippen molar-refractivity contribution in [1.82, 2.24) is 9.88 Å². The van der Waals surface area contributed by atoms with E-state index in [9.17, 15) is 18.3 Å². The number of nitrogens with zero attached hydrogens (tertiary/aromatic N) is 4. The highest BCUT2D eigenvalue weighted by atomic mass is 32.2. The van der Waals surface area contributed by atoms with Crippen LogP contribution in [0.3, 0.4) is 0 Å². The fourth-order valence-corrected chi connectivity index (χ4v) is 3.01. The van der Waals surface area contributed by atoms with E-state index in [1.165, 1.54) is 23.2 Å². The highest BCUT2D eigenvalue weighted by Crippen LogP contribution is 2.29. The summed E-state index contributed by atoms with van der Waals surface area (Å²) in [4.78, 5) is 17.5. The first-order valence-corrected chi connectivity index (χ1v) is 9.10. The number of nitrogens with one attached hydrogen (secondary N) is 2. The molecule has 2 aromatic rings. The van der Waals surface area contributed by atoms with E-state index in [0.29, 0.717) is 5.82 Å². The minimum absolute atomic E-state index is 0.0580. The molecular weight excluding hydrogens is 372 g/mol. The summed E-state index contributed by atoms with van der Waals surface area (Å²) >= 11 is 0. The third kappa shape index (κ3) is 4.03. The molecule has 0 atom stereocenters. The second kappa shape index (κ2) is 7.03. The Morgan fingerprint density at radius 2 is 1.74 bits per heavy atom. The van der Waals surface area contributed by atoms with E-state index < -0.39 is 16.1 Å². The summed E-state index contributed by atoms with van der Waals surface area (Å²) < 4.78 is 30.6. The highest BCUT2D eigenvalue weighted by Gasteiger charge is 2.26. The number of hydrogen-bond acceptors (Lipinski definition) is 7. The van der Waals surface area contributed by atoms with Crippen molar-refractivity contribution in [2.24, 2.45) is 8.80 Å². The molecule has 0 fully saturated rings. The lowest BCUT2D eigenvalue weighted by Crippen LogP contribution is -2.28. The lowest BCUT2D eigenvalue weighted by Gasteiger charge is -2.15. The number of phenols is 1. The first-order valence-electron chi connectivity index (χ1n) is 7.71. The van der Waals surface area contributed by atoms with Crippen molar-refractivity contribution in [3.63, 3.8) is 0 Å². The van der Waals surface area contributed by atoms with Crippen LogP contribution in [0, 0.1) is 0 Å². The van der Waals surface area contributed by atoms with Gasteiger partial charge in [0.1, 0.15) is 5.82 Å². The summed E-state index contributed by atoms with van der Waals surface area (Å²) in [6, 6.07) is 9.53. The molecule has 0 saturated carbocycles. The predicted molar refractivity (Wildman–Crippen MR) is 101 cm³/mol. The summed E-state index contributed by atoms with van der Waals surface area (Å²) in [6.45, 7) is 0. The van der Waals surface area contributed by atoms with Gasteiger partial charge in [0, 0.05) is 20.3 Å². The molecular formula is C16H16N6O4S. The van der Waals surface area contributed by atoms with Crippen LogP contribution in [-0.2, 0) is 10.2 Å². The Hall–Kier alpha value is -3.47. The summed E-state index contributed by atoms with van der Waals surface area (Å²) in [7, 11) is -0.966. The summed E-state index contributed by atoms with van der Waals surface area (Å²) in [5, 5.41) is 15.8. The molecule has 1 amide bonds. The van der Waals surface area contributed by atoms with Crippen LogP contribution in [0.5, 0.6) is 5.75 Å². The molecule has 0 radical (unpaired) electrons. The van der Waals surface area contributed by atoms with Crippen LogP contribution in [-0.4, -0.2) is 55.1 Å². The van der Waals surface area contributed by atoms with Gasteiger partial charge in [-0.05, 0) is 24.3 Å². The van der Waals surface area contributed by atoms with Crippen LogP contribution in [0.25, 0.3) is 0 Å². The molecule has 2 heterocycles. The number of amidine groups is 2. The molecule has 10 nitrogen and oxygen atoms in total. The first kappa shape index (κ1) is 18.3. The Balaban J connectivity index is 1.91. The van der Waals surface area contributed by atoms with Gasteiger partial charge in [-0.2, -0.15) is 8.42 Å². The minimum Gasteiger partial charge on any atom is -0.505 e. The molecule has 1 aromatic heterocycles. The van der Waals surface area contributed by atoms with Gasteiger partial charge in [-0.15, -0.1) is 8.80 Å². The van der Waals surface area contributed by atoms with Crippen molar-refractivity contribution in [3.05, 3.63) is 48.2 Å². The van der Waals surface area contributed by atoms with Gasteiger partial charge in [-0.25, -0.2) is 4.98 Å². The number of aromatic hydroxyl groups is 1. The van der Waals surface area contributed by atoms with E-state index in [2.05, 4.69) is 24.4 Å². The molecule has 140 valence electrons. The van der Waals surface area contributed by atoms with Crippen molar-refractivity contribution in [1.29, 1.82) is 0 Å². The van der Waals surface area contributed by atoms with Crippen molar-refractivity contribution in [3.8, 4) is 5.75 Å². The van der Waals surface area contributed by atoms with Crippen LogP contribution in [0.15, 0.2) is 51.4 Å². The number of benzene rings is 1. The van der Waals surface area contributed by atoms with Crippen molar-refractivity contribution >= 4 is 39.3 Å². The number of amides is 1. The number of anilines is 2. The predicted octanol–water partition coefficient (Wildman–Crippen LogP) is 1.07. The lowest BCUT2D eigenvalue weighted by molar-refractivity contribution is 0.0824. The zero-order chi connectivity index (χ0) is 19.6. The number of hydrogen-bond donors (Lipinski definition) is 3. The van der Waals surface area contributed by atoms with E-state index in [-0.39, 0.29) is 28.7 Å². The number of para-hydroxylation sites is 1. The van der Waals surface area contributed by atoms with E-state index in [1.54, 1.807) is 38.4 Å². The van der Waals surface area contributed by atoms with Crippen LogP contribution in [0.1, 0.15) is 10.4 Å². The van der Waals surface area contributed by atoms with Crippen LogP contribution < -0.4 is 10.6 Å². The maximum atomic E-state index is 12.1. The smallest absolute Gasteiger partial charge is 0.367 e. The molecule has 0 aliphatic carbocycles. The average Bonchev–Trinajstić information content (AvgIpc) is 2.90. The Bertz CT molecular complexity index is 1050. The normalized spacial score (nSPS) is 14.9. The number of aromatic nitrogens is 1. The SMILES string of the molecule is CN(C)C(=O)c1cccc(NC2=NS(=O)(=O)N=C2Nc2ccccn2)c1O. The summed E-state index contributed by atoms with van der Waals surface area (Å²) in [6.07, 6.45) is 1.53. The van der Waals surface area contributed by atoms with E-state index in [1.807, 2.05) is 0 Å². The highest BCUT2D eigenvalue weighted by molar-refractivity contribution is 7.89. The van der Waals surface area contributed by atoms with Crippen LogP contribution in [0.4, 0.5) is 11.5 Å². The number of carbonyl (C=O) groups is 1. The second-order valence-corrected chi connectivity index (χ2v) is 6.95. The lowest BCUT2D eigenvalue weighted by atomic mass is 10.1. The molecule has 1 aromatic carbocycles. The monoisotopic (exact) mass is 388 g/mol. The van der Waals surface area contributed by atoms with Gasteiger partial charge in [-0.3, -0.25) is 4.79 Å². The van der Waals surface area contributed by atoms with Crippen molar-refractivity contribution in [2.75, 3.05) is 24.7 Å². The van der Waals surface area contributed by atoms with Gasteiger partial charge in [0.2, 0.25) is 0 Å². The number of rotatable bonds is 3. The van der Waals surface area contributed by atoms with E-state index in [4.69, 9.17) is 0 Å². The standard InChI is InChI=1S/C16H16N6O4S/c1-22(2)16(24)10-6-5-7-11(13(10)23)18-14-15(21-27(25,26)20-14)19-12-8-3-4-9-17-12/h3-9,23H,1-2H3,(H,18,20)(H,17,19,21). The van der Waals surface area contributed by atoms with Gasteiger partial charge in [-0.1, -0.05) is 12.1 Å². The molecule has 0 bridgehead atoms. The van der Waals surface area contributed by atoms with Crippen molar-refractivity contribution < 1.29 is 18.3 Å². The Kier molecular flexibility index (Phi) is 4.77. The molecule has 0 spiro atoms. The molecule has 3 N–H and O–H groups in total. The number of phenolic OH excluding ortho intramolecular Hbond substituents is 1. The Morgan fingerprint density at radius 3 is 2.37 bits per heavy atom. The number of carbonyl (C=O) groups excluding carboxylic acids is 1. The van der Waals surface area contributed by atoms with Crippen LogP contribution in [0.2, 0.25) is 0 Å². The molecule has 0 saturated heterocycles. The zero-order valence-corrected chi connectivity index (χ0v) is 15.2. The molecule has 1 aliphatic heterocycles. The quantitative estimate of drug-likeness (QED) is 0.669. The third-order valence-corrected chi connectivity index (χ3v) is 4.30. The van der Waals surface area contributed by atoms with Gasteiger partial charge in [0.25, 0.3) is 5.91 Å². The maximum Gasteiger partial charge on any atom is 0.367 e. The average molecular weight is 388 g/mol. The minimum atomic E-state index is -4.07. The van der Waals surface area contributed by atoms with Crippen LogP contribution >= 0.6 is 0 Å². The molecule has 11 heteroatoms. The van der Waals surface area contributed by atoms with E-state index in [0.717, 1.165) is 0 Å². The fourth-order valence-electron chi connectivity index (χ4n) is 2.25. The molecule has 0 unspecified atom stereocenters. The molecule has 3 rings (SSSR count). The zero-order valence-electron chi connectivity index (χ0n) is 14.4. The maximum absolute atomic E-state index is 12.1. The topological polar surface area (TPSA) is 136 Å². The Morgan fingerprint density at radius 1 is 1.04 bits per heavy atom. The van der Waals surface area contributed by atoms with E-state index >= 15 is 0 Å². The fraction of sp³-hybridized carbons (Fsp3) is 0.125. The molecule has 1 aliphatic rings. The summed E-state index contributed by atoms with van der Waals surface area (Å²) in [5.74, 6) is -0.593.